The molecule has 0 atom stereocenters. The van der Waals surface area contributed by atoms with Gasteiger partial charge in [0.2, 0.25) is 0 Å². The summed E-state index contributed by atoms with van der Waals surface area (Å²) in [5.41, 5.74) is 9.71. The van der Waals surface area contributed by atoms with E-state index < -0.39 is 0 Å². The van der Waals surface area contributed by atoms with E-state index in [4.69, 9.17) is 19.9 Å². The van der Waals surface area contributed by atoms with Crippen LogP contribution in [0, 0.1) is 0 Å². The van der Waals surface area contributed by atoms with E-state index in [1.54, 1.807) is 0 Å². The van der Waals surface area contributed by atoms with E-state index in [-0.39, 0.29) is 0 Å². The number of hydrogen-bond acceptors (Lipinski definition) is 4. The topological polar surface area (TPSA) is 51.6 Å². The molecule has 0 N–H and O–H groups in total. The maximum atomic E-state index is 5.35. The van der Waals surface area contributed by atoms with E-state index in [0.29, 0.717) is 5.82 Å². The van der Waals surface area contributed by atoms with Crippen LogP contribution in [0.4, 0.5) is 0 Å². The van der Waals surface area contributed by atoms with Crippen LogP contribution in [0.25, 0.3) is 99.4 Å². The molecule has 0 aliphatic heterocycles. The molecule has 0 aliphatic rings. The number of benzene rings is 7. The monoisotopic (exact) mass is 636 g/mol. The van der Waals surface area contributed by atoms with Gasteiger partial charge in [-0.15, -0.1) is 0 Å². The molecule has 0 unspecified atom stereocenters. The van der Waals surface area contributed by atoms with Crippen LogP contribution in [0.1, 0.15) is 0 Å². The lowest BCUT2D eigenvalue weighted by molar-refractivity contribution is 1.23. The zero-order valence-corrected chi connectivity index (χ0v) is 27.0. The fourth-order valence-corrected chi connectivity index (χ4v) is 7.15. The summed E-state index contributed by atoms with van der Waals surface area (Å²) in [5.74, 6) is 0.713. The molecule has 0 aliphatic carbocycles. The lowest BCUT2D eigenvalue weighted by Gasteiger charge is -2.14. The van der Waals surface area contributed by atoms with Crippen LogP contribution >= 0.6 is 0 Å². The molecular formula is C46H28N4. The number of fused-ring (bicyclic) bond motifs is 7. The average molecular weight is 637 g/mol. The zero-order valence-electron chi connectivity index (χ0n) is 27.0. The standard InChI is InChI=1S/C46H28N4/c1-2-11-33(12-3-1)46-49-41-17-9-7-15-38(41)43(50-46)30-19-21-31(22-20-30)45-42-37(36-14-6-8-16-40(36)48-45)26-24-32-25-27-39(47-44(32)42)35-23-18-29-10-4-5-13-34(29)28-35/h1-28H. The number of para-hydroxylation sites is 2. The molecule has 0 radical (unpaired) electrons. The van der Waals surface area contributed by atoms with Gasteiger partial charge in [-0.25, -0.2) is 19.9 Å². The molecule has 3 heterocycles. The van der Waals surface area contributed by atoms with Gasteiger partial charge in [-0.1, -0.05) is 146 Å². The Balaban J connectivity index is 1.17. The highest BCUT2D eigenvalue weighted by molar-refractivity contribution is 6.20. The fraction of sp³-hybridized carbons (Fsp3) is 0. The second kappa shape index (κ2) is 11.4. The molecule has 3 aromatic heterocycles. The molecular weight excluding hydrogens is 609 g/mol. The Kier molecular flexibility index (Phi) is 6.46. The summed E-state index contributed by atoms with van der Waals surface area (Å²) in [4.78, 5) is 20.7. The molecule has 0 amide bonds. The van der Waals surface area contributed by atoms with E-state index in [1.807, 2.05) is 30.3 Å². The van der Waals surface area contributed by atoms with E-state index >= 15 is 0 Å². The maximum Gasteiger partial charge on any atom is 0.160 e. The summed E-state index contributed by atoms with van der Waals surface area (Å²) in [6, 6.07) is 59.1. The molecule has 0 fully saturated rings. The Hall–Kier alpha value is -6.78. The van der Waals surface area contributed by atoms with Crippen molar-refractivity contribution in [2.75, 3.05) is 0 Å². The number of nitrogens with zero attached hydrogens (tertiary/aromatic N) is 4. The Morgan fingerprint density at radius 3 is 1.76 bits per heavy atom. The van der Waals surface area contributed by atoms with Crippen LogP contribution in [0.2, 0.25) is 0 Å². The lowest BCUT2D eigenvalue weighted by Crippen LogP contribution is -1.96. The molecule has 0 bridgehead atoms. The predicted molar refractivity (Wildman–Crippen MR) is 207 cm³/mol. The number of pyridine rings is 2. The molecule has 4 heteroatoms. The lowest BCUT2D eigenvalue weighted by atomic mass is 9.96. The van der Waals surface area contributed by atoms with E-state index in [9.17, 15) is 0 Å². The number of hydrogen-bond donors (Lipinski definition) is 0. The summed E-state index contributed by atoms with van der Waals surface area (Å²) in [6.07, 6.45) is 0. The van der Waals surface area contributed by atoms with Crippen molar-refractivity contribution in [2.24, 2.45) is 0 Å². The number of aromatic nitrogens is 4. The van der Waals surface area contributed by atoms with Crippen molar-refractivity contribution in [1.29, 1.82) is 0 Å². The largest absolute Gasteiger partial charge is 0.247 e. The SMILES string of the molecule is c1ccc(-c2nc(-c3ccc(-c4nc5ccccc5c5ccc6ccc(-c7ccc8ccccc8c7)nc6c45)cc3)c3ccccc3n2)cc1. The van der Waals surface area contributed by atoms with E-state index in [2.05, 4.69) is 140 Å². The third-order valence-corrected chi connectivity index (χ3v) is 9.64. The minimum absolute atomic E-state index is 0.713. The zero-order chi connectivity index (χ0) is 33.0. The second-order valence-electron chi connectivity index (χ2n) is 12.7. The number of rotatable bonds is 4. The van der Waals surface area contributed by atoms with Gasteiger partial charge in [0.15, 0.2) is 5.82 Å². The molecule has 0 spiro atoms. The first-order valence-corrected chi connectivity index (χ1v) is 16.8. The molecule has 7 aromatic carbocycles. The van der Waals surface area contributed by atoms with Gasteiger partial charge in [-0.2, -0.15) is 0 Å². The van der Waals surface area contributed by atoms with Crippen molar-refractivity contribution in [3.05, 3.63) is 170 Å². The van der Waals surface area contributed by atoms with Crippen molar-refractivity contribution in [3.63, 3.8) is 0 Å². The van der Waals surface area contributed by atoms with Crippen LogP contribution in [-0.4, -0.2) is 19.9 Å². The highest BCUT2D eigenvalue weighted by atomic mass is 14.9. The van der Waals surface area contributed by atoms with Crippen LogP contribution in [0.3, 0.4) is 0 Å². The van der Waals surface area contributed by atoms with Crippen LogP contribution < -0.4 is 0 Å². The normalized spacial score (nSPS) is 11.6. The van der Waals surface area contributed by atoms with Gasteiger partial charge < -0.3 is 0 Å². The smallest absolute Gasteiger partial charge is 0.160 e. The van der Waals surface area contributed by atoms with Gasteiger partial charge >= 0.3 is 0 Å². The molecule has 10 aromatic rings. The molecule has 50 heavy (non-hydrogen) atoms. The predicted octanol–water partition coefficient (Wildman–Crippen LogP) is 11.7. The first kappa shape index (κ1) is 28.3. The van der Waals surface area contributed by atoms with Crippen molar-refractivity contribution < 1.29 is 0 Å². The minimum atomic E-state index is 0.713. The molecule has 10 rings (SSSR count). The van der Waals surface area contributed by atoms with Crippen molar-refractivity contribution >= 4 is 54.3 Å². The minimum Gasteiger partial charge on any atom is -0.247 e. The second-order valence-corrected chi connectivity index (χ2v) is 12.7. The summed E-state index contributed by atoms with van der Waals surface area (Å²) < 4.78 is 0. The maximum absolute atomic E-state index is 5.35. The fourth-order valence-electron chi connectivity index (χ4n) is 7.15. The van der Waals surface area contributed by atoms with E-state index in [0.717, 1.165) is 82.8 Å². The van der Waals surface area contributed by atoms with Gasteiger partial charge in [0.25, 0.3) is 0 Å². The summed E-state index contributed by atoms with van der Waals surface area (Å²) in [5, 5.41) is 7.82. The molecule has 4 nitrogen and oxygen atoms in total. The Bertz CT molecular complexity index is 2920. The van der Waals surface area contributed by atoms with Crippen LogP contribution in [-0.2, 0) is 0 Å². The highest BCUT2D eigenvalue weighted by Crippen LogP contribution is 2.39. The summed E-state index contributed by atoms with van der Waals surface area (Å²) in [7, 11) is 0. The van der Waals surface area contributed by atoms with Gasteiger partial charge in [0.05, 0.1) is 33.6 Å². The summed E-state index contributed by atoms with van der Waals surface area (Å²) >= 11 is 0. The highest BCUT2D eigenvalue weighted by Gasteiger charge is 2.17. The Morgan fingerprint density at radius 2 is 0.940 bits per heavy atom. The van der Waals surface area contributed by atoms with Crippen molar-refractivity contribution in [2.45, 2.75) is 0 Å². The molecule has 232 valence electrons. The van der Waals surface area contributed by atoms with Crippen LogP contribution in [0.5, 0.6) is 0 Å². The first-order valence-electron chi connectivity index (χ1n) is 16.8. The van der Waals surface area contributed by atoms with E-state index in [1.165, 1.54) is 10.8 Å². The van der Waals surface area contributed by atoms with Gasteiger partial charge in [-0.05, 0) is 40.4 Å². The average Bonchev–Trinajstić information content (AvgIpc) is 3.20. The Morgan fingerprint density at radius 1 is 0.320 bits per heavy atom. The van der Waals surface area contributed by atoms with Crippen molar-refractivity contribution in [3.8, 4) is 45.2 Å². The van der Waals surface area contributed by atoms with Crippen molar-refractivity contribution in [1.82, 2.24) is 19.9 Å². The first-order chi connectivity index (χ1) is 24.8. The van der Waals surface area contributed by atoms with Gasteiger partial charge in [-0.3, -0.25) is 0 Å². The van der Waals surface area contributed by atoms with Crippen LogP contribution in [0.15, 0.2) is 170 Å². The quantitative estimate of drug-likeness (QED) is 0.180. The third-order valence-electron chi connectivity index (χ3n) is 9.64. The molecule has 0 saturated heterocycles. The summed E-state index contributed by atoms with van der Waals surface area (Å²) in [6.45, 7) is 0. The molecule has 0 saturated carbocycles. The van der Waals surface area contributed by atoms with Gasteiger partial charge in [0.1, 0.15) is 0 Å². The van der Waals surface area contributed by atoms with Gasteiger partial charge in [0, 0.05) is 43.8 Å². The third kappa shape index (κ3) is 4.69. The Labute approximate surface area is 288 Å².